The van der Waals surface area contributed by atoms with Crippen LogP contribution >= 0.6 is 0 Å². The molecule has 0 radical (unpaired) electrons. The molecule has 154 valence electrons. The Kier molecular flexibility index (Phi) is 13.8. The van der Waals surface area contributed by atoms with Crippen LogP contribution in [-0.4, -0.2) is 58.6 Å². The van der Waals surface area contributed by atoms with E-state index in [9.17, 15) is 24.0 Å². The highest BCUT2D eigenvalue weighted by atomic mass is 16.4. The van der Waals surface area contributed by atoms with Crippen LogP contribution in [-0.2, 0) is 19.2 Å². The van der Waals surface area contributed by atoms with Crippen LogP contribution in [0.3, 0.4) is 0 Å². The summed E-state index contributed by atoms with van der Waals surface area (Å²) in [6, 6.07) is -2.19. The van der Waals surface area contributed by atoms with Crippen LogP contribution < -0.4 is 27.8 Å². The lowest BCUT2D eigenvalue weighted by molar-refractivity contribution is -0.140. The van der Waals surface area contributed by atoms with Gasteiger partial charge < -0.3 is 32.7 Å². The standard InChI is InChI=1S/C6H13N3O3.C5H11NO2.C4H3NO2/c7-4(5(10)11)2-1-3-9-6(8)12;1-3(2)4(6)5(7)8;6-3-1-2-4(7)5-3/h4H,1-3,7H2,(H,10,11)(H3,8,9,12);3-4H,6H2,1-2H3,(H,7,8);1-2H,(H,5,6,7). The first-order chi connectivity index (χ1) is 12.4. The first kappa shape index (κ1) is 26.2. The molecule has 2 unspecified atom stereocenters. The number of carboxylic acids is 2. The molecular weight excluding hydrogens is 362 g/mol. The van der Waals surface area contributed by atoms with Gasteiger partial charge in [0.15, 0.2) is 0 Å². The Bertz CT molecular complexity index is 547. The van der Waals surface area contributed by atoms with Crippen molar-refractivity contribution in [2.45, 2.75) is 38.8 Å². The average molecular weight is 389 g/mol. The molecule has 1 aliphatic rings. The second kappa shape index (κ2) is 14.2. The monoisotopic (exact) mass is 389 g/mol. The van der Waals surface area contributed by atoms with Crippen molar-refractivity contribution in [1.82, 2.24) is 10.6 Å². The Labute approximate surface area is 156 Å². The number of carbonyl (C=O) groups is 5. The van der Waals surface area contributed by atoms with Gasteiger partial charge in [0.1, 0.15) is 12.1 Å². The van der Waals surface area contributed by atoms with Gasteiger partial charge >= 0.3 is 18.0 Å². The van der Waals surface area contributed by atoms with Crippen LogP contribution in [0.15, 0.2) is 12.2 Å². The van der Waals surface area contributed by atoms with Crippen molar-refractivity contribution >= 4 is 29.8 Å². The highest BCUT2D eigenvalue weighted by Crippen LogP contribution is 1.96. The van der Waals surface area contributed by atoms with E-state index in [1.807, 2.05) is 5.32 Å². The third-order valence-electron chi connectivity index (χ3n) is 2.94. The summed E-state index contributed by atoms with van der Waals surface area (Å²) in [6.07, 6.45) is 3.23. The van der Waals surface area contributed by atoms with E-state index in [-0.39, 0.29) is 17.7 Å². The number of hydrogen-bond donors (Lipinski definition) is 7. The number of imide groups is 1. The topological polar surface area (TPSA) is 228 Å². The van der Waals surface area contributed by atoms with Gasteiger partial charge in [-0.05, 0) is 18.8 Å². The Balaban J connectivity index is 0. The third kappa shape index (κ3) is 16.2. The fraction of sp³-hybridized carbons (Fsp3) is 0.533. The number of hydrogen-bond acceptors (Lipinski definition) is 7. The van der Waals surface area contributed by atoms with Gasteiger partial charge in [-0.3, -0.25) is 24.5 Å². The van der Waals surface area contributed by atoms with Crippen molar-refractivity contribution < 1.29 is 34.2 Å². The molecule has 0 saturated carbocycles. The smallest absolute Gasteiger partial charge is 0.320 e. The lowest BCUT2D eigenvalue weighted by Crippen LogP contribution is -2.34. The molecule has 2 atom stereocenters. The fourth-order valence-corrected chi connectivity index (χ4v) is 1.30. The quantitative estimate of drug-likeness (QED) is 0.190. The van der Waals surface area contributed by atoms with E-state index in [1.54, 1.807) is 13.8 Å². The molecule has 12 nitrogen and oxygen atoms in total. The number of aliphatic carboxylic acids is 2. The summed E-state index contributed by atoms with van der Waals surface area (Å²) in [5.74, 6) is -2.60. The average Bonchev–Trinajstić information content (AvgIpc) is 2.94. The summed E-state index contributed by atoms with van der Waals surface area (Å²) in [7, 11) is 0. The first-order valence-electron chi connectivity index (χ1n) is 7.91. The summed E-state index contributed by atoms with van der Waals surface area (Å²) in [4.78, 5) is 50.4. The fourth-order valence-electron chi connectivity index (χ4n) is 1.30. The second-order valence-electron chi connectivity index (χ2n) is 5.67. The maximum Gasteiger partial charge on any atom is 0.320 e. The zero-order chi connectivity index (χ0) is 21.6. The predicted octanol–water partition coefficient (Wildman–Crippen LogP) is -1.90. The van der Waals surface area contributed by atoms with Gasteiger partial charge in [0.05, 0.1) is 0 Å². The predicted molar refractivity (Wildman–Crippen MR) is 95.2 cm³/mol. The zero-order valence-corrected chi connectivity index (χ0v) is 15.2. The normalized spacial score (nSPS) is 14.1. The number of carboxylic acid groups (broad SMARTS) is 2. The third-order valence-corrected chi connectivity index (χ3v) is 2.94. The molecule has 4 amide bonds. The highest BCUT2D eigenvalue weighted by molar-refractivity contribution is 6.12. The molecule has 0 fully saturated rings. The Hall–Kier alpha value is -2.99. The van der Waals surface area contributed by atoms with Crippen molar-refractivity contribution in [2.24, 2.45) is 23.1 Å². The lowest BCUT2D eigenvalue weighted by Gasteiger charge is -2.07. The molecule has 0 saturated heterocycles. The Morgan fingerprint density at radius 3 is 1.78 bits per heavy atom. The van der Waals surface area contributed by atoms with E-state index in [1.165, 1.54) is 12.2 Å². The van der Waals surface area contributed by atoms with Crippen LogP contribution in [0, 0.1) is 5.92 Å². The summed E-state index contributed by atoms with van der Waals surface area (Å²) in [6.45, 7) is 3.91. The SMILES string of the molecule is CC(C)C(N)C(=O)O.NC(=O)NCCCC(N)C(=O)O.O=C1C=CC(=O)N1. The molecule has 0 aliphatic carbocycles. The molecule has 10 N–H and O–H groups in total. The number of amides is 4. The van der Waals surface area contributed by atoms with Crippen molar-refractivity contribution in [1.29, 1.82) is 0 Å². The molecular formula is C15H27N5O7. The summed E-state index contributed by atoms with van der Waals surface area (Å²) in [5, 5.41) is 20.9. The molecule has 12 heteroatoms. The van der Waals surface area contributed by atoms with E-state index in [4.69, 9.17) is 27.4 Å². The van der Waals surface area contributed by atoms with Gasteiger partial charge in [-0.2, -0.15) is 0 Å². The Morgan fingerprint density at radius 1 is 1.07 bits per heavy atom. The van der Waals surface area contributed by atoms with E-state index >= 15 is 0 Å². The van der Waals surface area contributed by atoms with Gasteiger partial charge in [0, 0.05) is 18.7 Å². The van der Waals surface area contributed by atoms with Gasteiger partial charge in [-0.1, -0.05) is 13.8 Å². The maximum absolute atomic E-state index is 10.2. The Morgan fingerprint density at radius 2 is 1.56 bits per heavy atom. The van der Waals surface area contributed by atoms with Crippen molar-refractivity contribution in [3.63, 3.8) is 0 Å². The molecule has 1 rings (SSSR count). The van der Waals surface area contributed by atoms with Gasteiger partial charge in [-0.15, -0.1) is 0 Å². The van der Waals surface area contributed by atoms with E-state index in [2.05, 4.69) is 5.32 Å². The van der Waals surface area contributed by atoms with Gasteiger partial charge in [0.25, 0.3) is 11.8 Å². The molecule has 0 spiro atoms. The van der Waals surface area contributed by atoms with Crippen molar-refractivity contribution in [3.8, 4) is 0 Å². The molecule has 0 bridgehead atoms. The van der Waals surface area contributed by atoms with E-state index < -0.39 is 30.1 Å². The van der Waals surface area contributed by atoms with Gasteiger partial charge in [0.2, 0.25) is 0 Å². The molecule has 1 aliphatic heterocycles. The number of nitrogens with one attached hydrogen (secondary N) is 2. The number of nitrogens with two attached hydrogens (primary N) is 3. The molecule has 0 aromatic heterocycles. The first-order valence-corrected chi connectivity index (χ1v) is 7.91. The minimum atomic E-state index is -1.03. The van der Waals surface area contributed by atoms with Crippen molar-refractivity contribution in [3.05, 3.63) is 12.2 Å². The largest absolute Gasteiger partial charge is 0.480 e. The molecule has 0 aromatic carbocycles. The minimum Gasteiger partial charge on any atom is -0.480 e. The summed E-state index contributed by atoms with van der Waals surface area (Å²) >= 11 is 0. The van der Waals surface area contributed by atoms with E-state index in [0.29, 0.717) is 19.4 Å². The van der Waals surface area contributed by atoms with Crippen LogP contribution in [0.2, 0.25) is 0 Å². The number of carbonyl (C=O) groups excluding carboxylic acids is 3. The summed E-state index contributed by atoms with van der Waals surface area (Å²) < 4.78 is 0. The van der Waals surface area contributed by atoms with Crippen LogP contribution in [0.5, 0.6) is 0 Å². The summed E-state index contributed by atoms with van der Waals surface area (Å²) in [5.41, 5.74) is 15.1. The van der Waals surface area contributed by atoms with Gasteiger partial charge in [-0.25, -0.2) is 4.79 Å². The van der Waals surface area contributed by atoms with Crippen LogP contribution in [0.4, 0.5) is 4.79 Å². The number of primary amides is 1. The minimum absolute atomic E-state index is 0.0208. The lowest BCUT2D eigenvalue weighted by atomic mass is 10.1. The van der Waals surface area contributed by atoms with E-state index in [0.717, 1.165) is 0 Å². The second-order valence-corrected chi connectivity index (χ2v) is 5.67. The van der Waals surface area contributed by atoms with Crippen LogP contribution in [0.25, 0.3) is 0 Å². The molecule has 1 heterocycles. The molecule has 0 aromatic rings. The molecule has 27 heavy (non-hydrogen) atoms. The van der Waals surface area contributed by atoms with Crippen LogP contribution in [0.1, 0.15) is 26.7 Å². The van der Waals surface area contributed by atoms with Crippen molar-refractivity contribution in [2.75, 3.05) is 6.54 Å². The highest BCUT2D eigenvalue weighted by Gasteiger charge is 2.14. The maximum atomic E-state index is 10.2. The zero-order valence-electron chi connectivity index (χ0n) is 15.2. The number of urea groups is 1. The number of rotatable bonds is 7.